The van der Waals surface area contributed by atoms with E-state index in [1.807, 2.05) is 0 Å². The van der Waals surface area contributed by atoms with E-state index in [4.69, 9.17) is 11.6 Å². The number of hydrogen-bond donors (Lipinski definition) is 1. The molecule has 0 unspecified atom stereocenters. The lowest BCUT2D eigenvalue weighted by Gasteiger charge is -2.07. The van der Waals surface area contributed by atoms with E-state index in [1.165, 1.54) is 6.07 Å². The molecule has 0 bridgehead atoms. The number of anilines is 2. The van der Waals surface area contributed by atoms with Crippen molar-refractivity contribution in [2.24, 2.45) is 0 Å². The highest BCUT2D eigenvalue weighted by atomic mass is 35.5. The summed E-state index contributed by atoms with van der Waals surface area (Å²) in [6.45, 7) is 0. The van der Waals surface area contributed by atoms with E-state index in [9.17, 15) is 4.39 Å². The Kier molecular flexibility index (Phi) is 2.77. The van der Waals surface area contributed by atoms with Crippen molar-refractivity contribution in [3.05, 3.63) is 35.5 Å². The summed E-state index contributed by atoms with van der Waals surface area (Å²) >= 11 is 7.17. The quantitative estimate of drug-likeness (QED) is 0.732. The number of hydrogen-bond acceptors (Lipinski definition) is 6. The van der Waals surface area contributed by atoms with Crippen molar-refractivity contribution in [3.8, 4) is 0 Å². The van der Waals surface area contributed by atoms with Crippen LogP contribution >= 0.6 is 23.3 Å². The monoisotopic (exact) mass is 281 g/mol. The molecule has 3 aromatic rings. The first kappa shape index (κ1) is 11.2. The van der Waals surface area contributed by atoms with Gasteiger partial charge in [-0.1, -0.05) is 11.6 Å². The average Bonchev–Trinajstić information content (AvgIpc) is 2.81. The van der Waals surface area contributed by atoms with Crippen LogP contribution in [0.2, 0.25) is 5.02 Å². The van der Waals surface area contributed by atoms with Gasteiger partial charge in [-0.2, -0.15) is 13.1 Å². The number of nitrogens with one attached hydrogen (secondary N) is 1. The summed E-state index contributed by atoms with van der Waals surface area (Å²) in [7, 11) is 0. The van der Waals surface area contributed by atoms with Gasteiger partial charge in [0, 0.05) is 6.07 Å². The van der Waals surface area contributed by atoms with Gasteiger partial charge in [-0.15, -0.1) is 0 Å². The molecule has 5 nitrogen and oxygen atoms in total. The summed E-state index contributed by atoms with van der Waals surface area (Å²) < 4.78 is 21.2. The highest BCUT2D eigenvalue weighted by Crippen LogP contribution is 2.31. The molecular weight excluding hydrogens is 277 g/mol. The summed E-state index contributed by atoms with van der Waals surface area (Å²) in [5.41, 5.74) is 1.91. The summed E-state index contributed by atoms with van der Waals surface area (Å²) in [6.07, 6.45) is 1.13. The summed E-state index contributed by atoms with van der Waals surface area (Å²) in [5, 5.41) is 3.39. The van der Waals surface area contributed by atoms with Crippen LogP contribution in [-0.2, 0) is 0 Å². The normalized spacial score (nSPS) is 10.8. The molecule has 0 radical (unpaired) electrons. The van der Waals surface area contributed by atoms with Crippen LogP contribution in [0.4, 0.5) is 15.9 Å². The standard InChI is InChI=1S/C10H5ClFN5S/c11-5-1-2-6-10(17-18-16-6)9(5)15-8-3-7(12)13-4-14-8/h1-4H,(H,13,14,15). The number of halogens is 2. The third-order valence-corrected chi connectivity index (χ3v) is 3.12. The highest BCUT2D eigenvalue weighted by Gasteiger charge is 2.11. The fourth-order valence-corrected chi connectivity index (χ4v) is 2.22. The van der Waals surface area contributed by atoms with Crippen LogP contribution in [0.3, 0.4) is 0 Å². The van der Waals surface area contributed by atoms with Gasteiger partial charge >= 0.3 is 0 Å². The average molecular weight is 282 g/mol. The number of aromatic nitrogens is 4. The minimum Gasteiger partial charge on any atom is -0.337 e. The van der Waals surface area contributed by atoms with Crippen LogP contribution in [0.1, 0.15) is 0 Å². The first-order valence-corrected chi connectivity index (χ1v) is 6.00. The van der Waals surface area contributed by atoms with Gasteiger partial charge in [0.1, 0.15) is 23.2 Å². The lowest BCUT2D eigenvalue weighted by atomic mass is 10.2. The van der Waals surface area contributed by atoms with E-state index in [0.717, 1.165) is 23.6 Å². The molecule has 2 heterocycles. The number of fused-ring (bicyclic) bond motifs is 1. The zero-order valence-electron chi connectivity index (χ0n) is 8.76. The summed E-state index contributed by atoms with van der Waals surface area (Å²) in [5.74, 6) is -0.308. The molecule has 18 heavy (non-hydrogen) atoms. The fourth-order valence-electron chi connectivity index (χ4n) is 1.48. The van der Waals surface area contributed by atoms with E-state index in [-0.39, 0.29) is 0 Å². The van der Waals surface area contributed by atoms with E-state index in [2.05, 4.69) is 24.0 Å². The Morgan fingerprint density at radius 2 is 2.11 bits per heavy atom. The SMILES string of the molecule is Fc1cc(Nc2c(Cl)ccc3nsnc23)ncn1. The van der Waals surface area contributed by atoms with Crippen molar-refractivity contribution in [2.75, 3.05) is 5.32 Å². The molecule has 1 N–H and O–H groups in total. The Morgan fingerprint density at radius 1 is 1.22 bits per heavy atom. The second kappa shape index (κ2) is 4.43. The molecule has 0 aliphatic rings. The third kappa shape index (κ3) is 1.98. The van der Waals surface area contributed by atoms with Gasteiger partial charge < -0.3 is 5.32 Å². The first-order valence-electron chi connectivity index (χ1n) is 4.89. The Labute approximate surface area is 110 Å². The largest absolute Gasteiger partial charge is 0.337 e. The van der Waals surface area contributed by atoms with Gasteiger partial charge in [0.2, 0.25) is 5.95 Å². The molecule has 2 aromatic heterocycles. The lowest BCUT2D eigenvalue weighted by Crippen LogP contribution is -1.97. The molecule has 0 aliphatic heterocycles. The first-order chi connectivity index (χ1) is 8.74. The molecule has 0 amide bonds. The molecule has 1 aromatic carbocycles. The Hall–Kier alpha value is -1.86. The maximum absolute atomic E-state index is 13.0. The predicted octanol–water partition coefficient (Wildman–Crippen LogP) is 3.02. The molecule has 90 valence electrons. The van der Waals surface area contributed by atoms with Gasteiger partial charge in [-0.25, -0.2) is 9.97 Å². The Bertz CT molecular complexity index is 716. The van der Waals surface area contributed by atoms with Gasteiger partial charge in [0.15, 0.2) is 0 Å². The van der Waals surface area contributed by atoms with E-state index in [0.29, 0.717) is 22.0 Å². The molecule has 0 aliphatic carbocycles. The highest BCUT2D eigenvalue weighted by molar-refractivity contribution is 7.00. The topological polar surface area (TPSA) is 63.6 Å². The van der Waals surface area contributed by atoms with E-state index >= 15 is 0 Å². The van der Waals surface area contributed by atoms with Gasteiger partial charge in [0.25, 0.3) is 0 Å². The van der Waals surface area contributed by atoms with Crippen molar-refractivity contribution in [1.29, 1.82) is 0 Å². The second-order valence-electron chi connectivity index (χ2n) is 3.41. The minimum atomic E-state index is -0.618. The second-order valence-corrected chi connectivity index (χ2v) is 4.34. The molecule has 0 atom stereocenters. The third-order valence-electron chi connectivity index (χ3n) is 2.26. The van der Waals surface area contributed by atoms with Crippen molar-refractivity contribution in [3.63, 3.8) is 0 Å². The molecule has 8 heteroatoms. The Morgan fingerprint density at radius 3 is 2.94 bits per heavy atom. The maximum Gasteiger partial charge on any atom is 0.218 e. The number of rotatable bonds is 2. The molecule has 3 rings (SSSR count). The lowest BCUT2D eigenvalue weighted by molar-refractivity contribution is 0.580. The van der Waals surface area contributed by atoms with E-state index in [1.54, 1.807) is 12.1 Å². The smallest absolute Gasteiger partial charge is 0.218 e. The molecule has 0 saturated heterocycles. The van der Waals surface area contributed by atoms with Gasteiger partial charge in [-0.05, 0) is 12.1 Å². The number of benzene rings is 1. The van der Waals surface area contributed by atoms with Crippen LogP contribution in [0.5, 0.6) is 0 Å². The summed E-state index contributed by atoms with van der Waals surface area (Å²) in [6, 6.07) is 4.65. The van der Waals surface area contributed by atoms with Crippen LogP contribution in [0.15, 0.2) is 24.5 Å². The zero-order valence-corrected chi connectivity index (χ0v) is 10.3. The van der Waals surface area contributed by atoms with Crippen molar-refractivity contribution < 1.29 is 4.39 Å². The van der Waals surface area contributed by atoms with Gasteiger partial charge in [0.05, 0.1) is 22.4 Å². The molecule has 0 spiro atoms. The Balaban J connectivity index is 2.09. The van der Waals surface area contributed by atoms with Crippen LogP contribution < -0.4 is 5.32 Å². The van der Waals surface area contributed by atoms with Crippen LogP contribution in [-0.4, -0.2) is 18.7 Å². The van der Waals surface area contributed by atoms with Crippen molar-refractivity contribution in [2.45, 2.75) is 0 Å². The van der Waals surface area contributed by atoms with E-state index < -0.39 is 5.95 Å². The molecule has 0 saturated carbocycles. The fraction of sp³-hybridized carbons (Fsp3) is 0. The van der Waals surface area contributed by atoms with Crippen molar-refractivity contribution >= 4 is 45.9 Å². The predicted molar refractivity (Wildman–Crippen MR) is 67.7 cm³/mol. The zero-order chi connectivity index (χ0) is 12.5. The number of nitrogens with zero attached hydrogens (tertiary/aromatic N) is 4. The van der Waals surface area contributed by atoms with Gasteiger partial charge in [-0.3, -0.25) is 0 Å². The summed E-state index contributed by atoms with van der Waals surface area (Å²) in [4.78, 5) is 7.28. The van der Waals surface area contributed by atoms with Crippen LogP contribution in [0, 0.1) is 5.95 Å². The van der Waals surface area contributed by atoms with Crippen LogP contribution in [0.25, 0.3) is 11.0 Å². The maximum atomic E-state index is 13.0. The molecule has 0 fully saturated rings. The van der Waals surface area contributed by atoms with Crippen molar-refractivity contribution in [1.82, 2.24) is 18.7 Å². The molecular formula is C10H5ClFN5S. The minimum absolute atomic E-state index is 0.310.